The van der Waals surface area contributed by atoms with Gasteiger partial charge in [0.05, 0.1) is 12.0 Å². The number of benzene rings is 1. The molecule has 1 aliphatic rings. The van der Waals surface area contributed by atoms with Crippen LogP contribution in [0.4, 0.5) is 0 Å². The molecule has 2 unspecified atom stereocenters. The summed E-state index contributed by atoms with van der Waals surface area (Å²) in [6, 6.07) is 13.5. The molecule has 1 aromatic carbocycles. The van der Waals surface area contributed by atoms with Crippen LogP contribution in [0.5, 0.6) is 0 Å². The van der Waals surface area contributed by atoms with Crippen LogP contribution in [0.2, 0.25) is 0 Å². The minimum atomic E-state index is 0.196. The second kappa shape index (κ2) is 5.84. The fraction of sp³-hybridized carbons (Fsp3) is 0.533. The number of rotatable bonds is 4. The van der Waals surface area contributed by atoms with Crippen molar-refractivity contribution >= 4 is 0 Å². The summed E-state index contributed by atoms with van der Waals surface area (Å²) in [4.78, 5) is 2.48. The fourth-order valence-electron chi connectivity index (χ4n) is 2.77. The van der Waals surface area contributed by atoms with E-state index < -0.39 is 0 Å². The van der Waals surface area contributed by atoms with Gasteiger partial charge >= 0.3 is 0 Å². The van der Waals surface area contributed by atoms with Gasteiger partial charge in [0.1, 0.15) is 0 Å². The van der Waals surface area contributed by atoms with E-state index in [1.165, 1.54) is 18.4 Å². The van der Waals surface area contributed by atoms with Crippen molar-refractivity contribution in [2.45, 2.75) is 38.8 Å². The van der Waals surface area contributed by atoms with Gasteiger partial charge in [-0.05, 0) is 31.4 Å². The Hall–Kier alpha value is -1.33. The summed E-state index contributed by atoms with van der Waals surface area (Å²) in [6.45, 7) is 4.24. The molecule has 0 N–H and O–H groups in total. The highest BCUT2D eigenvalue weighted by atomic mass is 15.2. The molecule has 2 rings (SSSR count). The Morgan fingerprint density at radius 3 is 2.82 bits per heavy atom. The highest BCUT2D eigenvalue weighted by Gasteiger charge is 2.30. The molecule has 2 nitrogen and oxygen atoms in total. The monoisotopic (exact) mass is 228 g/mol. The number of likely N-dealkylation sites (tertiary alicyclic amines) is 1. The van der Waals surface area contributed by atoms with Gasteiger partial charge in [0.2, 0.25) is 0 Å². The molecule has 1 aliphatic heterocycles. The molecule has 90 valence electrons. The average Bonchev–Trinajstić information content (AvgIpc) is 2.81. The maximum absolute atomic E-state index is 9.19. The number of hydrogen-bond donors (Lipinski definition) is 0. The maximum Gasteiger partial charge on any atom is 0.0672 e. The van der Waals surface area contributed by atoms with Crippen LogP contribution >= 0.6 is 0 Å². The van der Waals surface area contributed by atoms with Gasteiger partial charge in [-0.1, -0.05) is 37.3 Å². The number of hydrogen-bond acceptors (Lipinski definition) is 2. The fourth-order valence-corrected chi connectivity index (χ4v) is 2.77. The highest BCUT2D eigenvalue weighted by molar-refractivity contribution is 5.15. The molecule has 2 atom stereocenters. The third-order valence-electron chi connectivity index (χ3n) is 3.71. The number of nitrogens with zero attached hydrogens (tertiary/aromatic N) is 2. The molecule has 0 amide bonds. The summed E-state index contributed by atoms with van der Waals surface area (Å²) in [5.74, 6) is 0.196. The molecule has 1 fully saturated rings. The lowest BCUT2D eigenvalue weighted by atomic mass is 9.96. The van der Waals surface area contributed by atoms with Crippen molar-refractivity contribution in [3.8, 4) is 6.07 Å². The van der Waals surface area contributed by atoms with Gasteiger partial charge in [-0.3, -0.25) is 4.90 Å². The van der Waals surface area contributed by atoms with Crippen LogP contribution in [0.3, 0.4) is 0 Å². The van der Waals surface area contributed by atoms with Crippen molar-refractivity contribution in [1.29, 1.82) is 5.26 Å². The Morgan fingerprint density at radius 2 is 2.18 bits per heavy atom. The molecular formula is C15H20N2. The second-order valence-corrected chi connectivity index (χ2v) is 4.81. The van der Waals surface area contributed by atoms with Gasteiger partial charge in [0, 0.05) is 12.6 Å². The predicted molar refractivity (Wildman–Crippen MR) is 69.3 cm³/mol. The first-order chi connectivity index (χ1) is 8.35. The lowest BCUT2D eigenvalue weighted by molar-refractivity contribution is 0.203. The van der Waals surface area contributed by atoms with Gasteiger partial charge in [0.25, 0.3) is 0 Å². The van der Waals surface area contributed by atoms with Crippen molar-refractivity contribution in [2.75, 3.05) is 6.54 Å². The van der Waals surface area contributed by atoms with Crippen molar-refractivity contribution in [3.05, 3.63) is 35.9 Å². The largest absolute Gasteiger partial charge is 0.295 e. The summed E-state index contributed by atoms with van der Waals surface area (Å²) in [5.41, 5.74) is 1.35. The van der Waals surface area contributed by atoms with E-state index in [-0.39, 0.29) is 5.92 Å². The molecule has 0 aliphatic carbocycles. The van der Waals surface area contributed by atoms with E-state index in [4.69, 9.17) is 0 Å². The average molecular weight is 228 g/mol. The second-order valence-electron chi connectivity index (χ2n) is 4.81. The molecule has 0 radical (unpaired) electrons. The van der Waals surface area contributed by atoms with Crippen molar-refractivity contribution < 1.29 is 0 Å². The van der Waals surface area contributed by atoms with Gasteiger partial charge in [0.15, 0.2) is 0 Å². The van der Waals surface area contributed by atoms with E-state index >= 15 is 0 Å². The summed E-state index contributed by atoms with van der Waals surface area (Å²) < 4.78 is 0. The molecule has 1 heterocycles. The summed E-state index contributed by atoms with van der Waals surface area (Å²) in [7, 11) is 0. The third-order valence-corrected chi connectivity index (χ3v) is 3.71. The SMILES string of the molecule is CCC(C#N)C1CCCN1Cc1ccccc1. The van der Waals surface area contributed by atoms with Gasteiger partial charge in [-0.2, -0.15) is 5.26 Å². The maximum atomic E-state index is 9.19. The Labute approximate surface area is 104 Å². The van der Waals surface area contributed by atoms with Crippen molar-refractivity contribution in [1.82, 2.24) is 4.90 Å². The van der Waals surface area contributed by atoms with Crippen LogP contribution < -0.4 is 0 Å². The smallest absolute Gasteiger partial charge is 0.0672 e. The molecule has 0 aromatic heterocycles. The van der Waals surface area contributed by atoms with E-state index in [0.29, 0.717) is 6.04 Å². The molecular weight excluding hydrogens is 208 g/mol. The minimum absolute atomic E-state index is 0.196. The van der Waals surface area contributed by atoms with Crippen LogP contribution in [-0.2, 0) is 6.54 Å². The first-order valence-electron chi connectivity index (χ1n) is 6.52. The highest BCUT2D eigenvalue weighted by Crippen LogP contribution is 2.27. The van der Waals surface area contributed by atoms with E-state index in [2.05, 4.69) is 48.2 Å². The van der Waals surface area contributed by atoms with Crippen molar-refractivity contribution in [2.24, 2.45) is 5.92 Å². The lowest BCUT2D eigenvalue weighted by Gasteiger charge is -2.27. The van der Waals surface area contributed by atoms with Crippen LogP contribution in [0.1, 0.15) is 31.7 Å². The Balaban J connectivity index is 2.03. The minimum Gasteiger partial charge on any atom is -0.295 e. The summed E-state index contributed by atoms with van der Waals surface area (Å²) in [6.07, 6.45) is 3.38. The number of nitriles is 1. The molecule has 0 saturated carbocycles. The quantitative estimate of drug-likeness (QED) is 0.791. The van der Waals surface area contributed by atoms with E-state index in [9.17, 15) is 5.26 Å². The van der Waals surface area contributed by atoms with E-state index in [1.54, 1.807) is 0 Å². The molecule has 1 saturated heterocycles. The normalized spacial score (nSPS) is 22.2. The van der Waals surface area contributed by atoms with Crippen LogP contribution in [0.25, 0.3) is 0 Å². The van der Waals surface area contributed by atoms with Crippen LogP contribution in [0, 0.1) is 17.2 Å². The van der Waals surface area contributed by atoms with E-state index in [0.717, 1.165) is 19.5 Å². The van der Waals surface area contributed by atoms with Crippen LogP contribution in [0.15, 0.2) is 30.3 Å². The van der Waals surface area contributed by atoms with Gasteiger partial charge in [-0.25, -0.2) is 0 Å². The zero-order valence-electron chi connectivity index (χ0n) is 10.5. The molecule has 1 aromatic rings. The zero-order chi connectivity index (χ0) is 12.1. The van der Waals surface area contributed by atoms with Gasteiger partial charge in [-0.15, -0.1) is 0 Å². The molecule has 0 spiro atoms. The zero-order valence-corrected chi connectivity index (χ0v) is 10.5. The first-order valence-corrected chi connectivity index (χ1v) is 6.52. The predicted octanol–water partition coefficient (Wildman–Crippen LogP) is 3.20. The van der Waals surface area contributed by atoms with Crippen molar-refractivity contribution in [3.63, 3.8) is 0 Å². The molecule has 17 heavy (non-hydrogen) atoms. The summed E-state index contributed by atoms with van der Waals surface area (Å²) >= 11 is 0. The Bertz CT molecular complexity index is 380. The molecule has 2 heteroatoms. The molecule has 0 bridgehead atoms. The first kappa shape index (κ1) is 12.1. The van der Waals surface area contributed by atoms with E-state index in [1.807, 2.05) is 0 Å². The van der Waals surface area contributed by atoms with Gasteiger partial charge < -0.3 is 0 Å². The Kier molecular flexibility index (Phi) is 4.17. The third kappa shape index (κ3) is 2.87. The standard InChI is InChI=1S/C15H20N2/c1-2-14(11-16)15-9-6-10-17(15)12-13-7-4-3-5-8-13/h3-5,7-8,14-15H,2,6,9-10,12H2,1H3. The van der Waals surface area contributed by atoms with Crippen LogP contribution in [-0.4, -0.2) is 17.5 Å². The lowest BCUT2D eigenvalue weighted by Crippen LogP contribution is -2.34. The summed E-state index contributed by atoms with van der Waals surface area (Å²) in [5, 5.41) is 9.19. The Morgan fingerprint density at radius 1 is 1.41 bits per heavy atom. The topological polar surface area (TPSA) is 27.0 Å².